The zero-order valence-corrected chi connectivity index (χ0v) is 13.2. The molecule has 0 aromatic heterocycles. The van der Waals surface area contributed by atoms with Gasteiger partial charge in [0.15, 0.2) is 0 Å². The Labute approximate surface area is 123 Å². The van der Waals surface area contributed by atoms with E-state index in [1.54, 1.807) is 0 Å². The molecule has 1 aliphatic rings. The Hall–Kier alpha value is -1.02. The van der Waals surface area contributed by atoms with Crippen LogP contribution < -0.4 is 10.1 Å². The molecule has 0 heterocycles. The smallest absolute Gasteiger partial charge is 0.122 e. The van der Waals surface area contributed by atoms with Crippen LogP contribution in [-0.2, 0) is 0 Å². The Morgan fingerprint density at radius 2 is 2.00 bits per heavy atom. The highest BCUT2D eigenvalue weighted by atomic mass is 16.5. The second-order valence-electron chi connectivity index (χ2n) is 6.38. The summed E-state index contributed by atoms with van der Waals surface area (Å²) in [5.41, 5.74) is 2.58. The van der Waals surface area contributed by atoms with Gasteiger partial charge < -0.3 is 10.1 Å². The van der Waals surface area contributed by atoms with Crippen molar-refractivity contribution in [3.63, 3.8) is 0 Å². The van der Waals surface area contributed by atoms with E-state index in [1.807, 2.05) is 0 Å². The van der Waals surface area contributed by atoms with Crippen molar-refractivity contribution in [2.75, 3.05) is 19.7 Å². The fraction of sp³-hybridized carbons (Fsp3) is 0.667. The van der Waals surface area contributed by atoms with Gasteiger partial charge in [-0.15, -0.1) is 0 Å². The summed E-state index contributed by atoms with van der Waals surface area (Å²) in [6.45, 7) is 9.42. The topological polar surface area (TPSA) is 21.3 Å². The van der Waals surface area contributed by atoms with E-state index in [0.29, 0.717) is 5.92 Å². The van der Waals surface area contributed by atoms with E-state index in [2.05, 4.69) is 44.3 Å². The number of ether oxygens (including phenoxy) is 1. The van der Waals surface area contributed by atoms with Crippen LogP contribution in [0.1, 0.15) is 56.6 Å². The summed E-state index contributed by atoms with van der Waals surface area (Å²) in [7, 11) is 0. The summed E-state index contributed by atoms with van der Waals surface area (Å²) in [5, 5.41) is 3.53. The molecule has 0 bridgehead atoms. The Kier molecular flexibility index (Phi) is 5.90. The second-order valence-corrected chi connectivity index (χ2v) is 6.38. The molecule has 0 radical (unpaired) electrons. The zero-order chi connectivity index (χ0) is 14.4. The van der Waals surface area contributed by atoms with Gasteiger partial charge in [0.05, 0.1) is 0 Å². The molecule has 0 aliphatic heterocycles. The predicted molar refractivity (Wildman–Crippen MR) is 85.6 cm³/mol. The molecule has 20 heavy (non-hydrogen) atoms. The molecular weight excluding hydrogens is 246 g/mol. The zero-order valence-electron chi connectivity index (χ0n) is 13.2. The molecular formula is C18H29NO. The lowest BCUT2D eigenvalue weighted by Crippen LogP contribution is -2.26. The van der Waals surface area contributed by atoms with E-state index in [4.69, 9.17) is 4.74 Å². The van der Waals surface area contributed by atoms with Crippen LogP contribution in [0.3, 0.4) is 0 Å². The quantitative estimate of drug-likeness (QED) is 0.750. The molecule has 1 N–H and O–H groups in total. The minimum absolute atomic E-state index is 0.554. The van der Waals surface area contributed by atoms with Gasteiger partial charge in [-0.05, 0) is 55.3 Å². The van der Waals surface area contributed by atoms with Crippen molar-refractivity contribution in [2.24, 2.45) is 5.92 Å². The Balaban J connectivity index is 1.71. The molecule has 2 nitrogen and oxygen atoms in total. The molecule has 112 valence electrons. The summed E-state index contributed by atoms with van der Waals surface area (Å²) in [6, 6.07) is 6.55. The van der Waals surface area contributed by atoms with Crippen LogP contribution in [0, 0.1) is 12.8 Å². The molecule has 1 aliphatic carbocycles. The van der Waals surface area contributed by atoms with Crippen molar-refractivity contribution in [2.45, 2.75) is 52.4 Å². The molecule has 0 spiro atoms. The van der Waals surface area contributed by atoms with E-state index in [-0.39, 0.29) is 0 Å². The standard InChI is InChI=1S/C18H29NO/c1-14(2)17-9-8-15(3)18(12-17)20-11-10-19-13-16-6-4-5-7-16/h8-9,12,14,16,19H,4-7,10-11,13H2,1-3H3. The van der Waals surface area contributed by atoms with Gasteiger partial charge in [0.1, 0.15) is 12.4 Å². The first-order valence-electron chi connectivity index (χ1n) is 8.11. The summed E-state index contributed by atoms with van der Waals surface area (Å²) in [6.07, 6.45) is 5.65. The third kappa shape index (κ3) is 4.52. The van der Waals surface area contributed by atoms with Gasteiger partial charge in [0, 0.05) is 6.54 Å². The molecule has 1 saturated carbocycles. The van der Waals surface area contributed by atoms with E-state index >= 15 is 0 Å². The fourth-order valence-electron chi connectivity index (χ4n) is 2.89. The summed E-state index contributed by atoms with van der Waals surface area (Å²) >= 11 is 0. The van der Waals surface area contributed by atoms with Crippen LogP contribution in [0.15, 0.2) is 18.2 Å². The van der Waals surface area contributed by atoms with Crippen LogP contribution in [0.5, 0.6) is 5.75 Å². The molecule has 1 aromatic rings. The monoisotopic (exact) mass is 275 g/mol. The Bertz CT molecular complexity index is 408. The van der Waals surface area contributed by atoms with Crippen molar-refractivity contribution in [3.05, 3.63) is 29.3 Å². The minimum atomic E-state index is 0.554. The summed E-state index contributed by atoms with van der Waals surface area (Å²) in [5.74, 6) is 2.50. The summed E-state index contributed by atoms with van der Waals surface area (Å²) < 4.78 is 5.93. The lowest BCUT2D eigenvalue weighted by atomic mass is 10.0. The Morgan fingerprint density at radius 1 is 1.25 bits per heavy atom. The number of rotatable bonds is 7. The summed E-state index contributed by atoms with van der Waals surface area (Å²) in [4.78, 5) is 0. The van der Waals surface area contributed by atoms with Gasteiger partial charge in [0.25, 0.3) is 0 Å². The first kappa shape index (κ1) is 15.4. The maximum atomic E-state index is 5.93. The lowest BCUT2D eigenvalue weighted by Gasteiger charge is -2.14. The van der Waals surface area contributed by atoms with E-state index in [1.165, 1.54) is 36.8 Å². The Morgan fingerprint density at radius 3 is 2.70 bits per heavy atom. The number of aryl methyl sites for hydroxylation is 1. The minimum Gasteiger partial charge on any atom is -0.492 e. The second kappa shape index (κ2) is 7.68. The predicted octanol–water partition coefficient (Wildman–Crippen LogP) is 4.28. The molecule has 1 fully saturated rings. The average Bonchev–Trinajstić information content (AvgIpc) is 2.93. The van der Waals surface area contributed by atoms with Crippen molar-refractivity contribution >= 4 is 0 Å². The van der Waals surface area contributed by atoms with Crippen LogP contribution in [0.25, 0.3) is 0 Å². The fourth-order valence-corrected chi connectivity index (χ4v) is 2.89. The van der Waals surface area contributed by atoms with E-state index in [0.717, 1.165) is 31.4 Å². The van der Waals surface area contributed by atoms with Crippen molar-refractivity contribution in [1.82, 2.24) is 5.32 Å². The molecule has 1 aromatic carbocycles. The average molecular weight is 275 g/mol. The number of hydrogen-bond acceptors (Lipinski definition) is 2. The van der Waals surface area contributed by atoms with Gasteiger partial charge in [-0.2, -0.15) is 0 Å². The molecule has 2 rings (SSSR count). The highest BCUT2D eigenvalue weighted by molar-refractivity contribution is 5.37. The highest BCUT2D eigenvalue weighted by Gasteiger charge is 2.13. The third-order valence-electron chi connectivity index (χ3n) is 4.32. The van der Waals surface area contributed by atoms with Crippen LogP contribution in [0.4, 0.5) is 0 Å². The molecule has 0 unspecified atom stereocenters. The SMILES string of the molecule is Cc1ccc(C(C)C)cc1OCCNCC1CCCC1. The molecule has 0 saturated heterocycles. The maximum absolute atomic E-state index is 5.93. The maximum Gasteiger partial charge on any atom is 0.122 e. The number of benzene rings is 1. The molecule has 0 atom stereocenters. The van der Waals surface area contributed by atoms with Crippen LogP contribution >= 0.6 is 0 Å². The van der Waals surface area contributed by atoms with Gasteiger partial charge in [-0.25, -0.2) is 0 Å². The van der Waals surface area contributed by atoms with Crippen molar-refractivity contribution in [1.29, 1.82) is 0 Å². The number of nitrogens with one attached hydrogen (secondary N) is 1. The van der Waals surface area contributed by atoms with Crippen molar-refractivity contribution in [3.8, 4) is 5.75 Å². The van der Waals surface area contributed by atoms with Gasteiger partial charge in [0.2, 0.25) is 0 Å². The van der Waals surface area contributed by atoms with E-state index in [9.17, 15) is 0 Å². The van der Waals surface area contributed by atoms with Crippen LogP contribution in [0.2, 0.25) is 0 Å². The van der Waals surface area contributed by atoms with Gasteiger partial charge in [-0.1, -0.05) is 38.8 Å². The van der Waals surface area contributed by atoms with E-state index < -0.39 is 0 Å². The molecule has 0 amide bonds. The first-order chi connectivity index (χ1) is 9.66. The molecule has 2 heteroatoms. The highest BCUT2D eigenvalue weighted by Crippen LogP contribution is 2.25. The van der Waals surface area contributed by atoms with Crippen molar-refractivity contribution < 1.29 is 4.74 Å². The third-order valence-corrected chi connectivity index (χ3v) is 4.32. The van der Waals surface area contributed by atoms with Crippen LogP contribution in [-0.4, -0.2) is 19.7 Å². The first-order valence-corrected chi connectivity index (χ1v) is 8.11. The van der Waals surface area contributed by atoms with Gasteiger partial charge in [-0.3, -0.25) is 0 Å². The normalized spacial score (nSPS) is 16.0. The lowest BCUT2D eigenvalue weighted by molar-refractivity contribution is 0.306. The number of hydrogen-bond donors (Lipinski definition) is 1. The van der Waals surface area contributed by atoms with Gasteiger partial charge >= 0.3 is 0 Å². The largest absolute Gasteiger partial charge is 0.492 e.